The Hall–Kier alpha value is -0.930. The van der Waals surface area contributed by atoms with Crippen LogP contribution in [0.1, 0.15) is 27.7 Å². The number of aliphatic imine (C=N–C) groups is 1. The second-order valence-electron chi connectivity index (χ2n) is 6.52. The minimum atomic E-state index is -0.0667. The molecule has 1 aromatic rings. The van der Waals surface area contributed by atoms with E-state index in [0.717, 1.165) is 13.1 Å². The van der Waals surface area contributed by atoms with Crippen molar-refractivity contribution in [2.75, 3.05) is 25.0 Å². The van der Waals surface area contributed by atoms with Crippen LogP contribution in [-0.4, -0.2) is 53.2 Å². The summed E-state index contributed by atoms with van der Waals surface area (Å²) >= 11 is 0. The predicted octanol–water partition coefficient (Wildman–Crippen LogP) is 2.31. The number of guanidine groups is 1. The molecule has 3 N–H and O–H groups in total. The normalized spacial score (nSPS) is 23.2. The number of anilines is 1. The molecular weight excluding hydrogens is 405 g/mol. The van der Waals surface area contributed by atoms with E-state index in [1.165, 1.54) is 0 Å². The lowest BCUT2D eigenvalue weighted by molar-refractivity contribution is -0.0939. The number of hydrogen-bond acceptors (Lipinski definition) is 4. The Morgan fingerprint density at radius 3 is 2.61 bits per heavy atom. The Morgan fingerprint density at radius 1 is 1.39 bits per heavy atom. The topological polar surface area (TPSA) is 75.8 Å². The van der Waals surface area contributed by atoms with Crippen LogP contribution in [-0.2, 0) is 4.74 Å². The van der Waals surface area contributed by atoms with Crippen LogP contribution >= 0.6 is 24.0 Å². The van der Waals surface area contributed by atoms with Crippen LogP contribution in [0.4, 0.5) is 5.82 Å². The molecule has 1 aliphatic heterocycles. The molecule has 0 amide bonds. The van der Waals surface area contributed by atoms with Gasteiger partial charge in [-0.25, -0.2) is 4.98 Å². The maximum atomic E-state index is 5.95. The molecule has 2 heterocycles. The van der Waals surface area contributed by atoms with Crippen molar-refractivity contribution < 1.29 is 4.74 Å². The minimum Gasteiger partial charge on any atom is -0.373 e. The van der Waals surface area contributed by atoms with E-state index in [-0.39, 0.29) is 41.7 Å². The van der Waals surface area contributed by atoms with E-state index >= 15 is 0 Å². The fourth-order valence-corrected chi connectivity index (χ4v) is 2.66. The van der Waals surface area contributed by atoms with Crippen molar-refractivity contribution in [1.82, 2.24) is 9.88 Å². The number of nitrogens with zero attached hydrogens (tertiary/aromatic N) is 3. The van der Waals surface area contributed by atoms with Crippen LogP contribution in [0.15, 0.2) is 29.4 Å². The van der Waals surface area contributed by atoms with Gasteiger partial charge in [0.2, 0.25) is 0 Å². The Labute approximate surface area is 155 Å². The molecule has 2 unspecified atom stereocenters. The van der Waals surface area contributed by atoms with Crippen LogP contribution in [0.2, 0.25) is 0 Å². The van der Waals surface area contributed by atoms with Crippen LogP contribution < -0.4 is 11.1 Å². The number of nitrogens with two attached hydrogens (primary N) is 1. The molecule has 0 bridgehead atoms. The van der Waals surface area contributed by atoms with E-state index < -0.39 is 0 Å². The van der Waals surface area contributed by atoms with Crippen molar-refractivity contribution >= 4 is 35.8 Å². The van der Waals surface area contributed by atoms with Crippen LogP contribution in [0, 0.1) is 0 Å². The monoisotopic (exact) mass is 433 g/mol. The molecule has 0 aromatic carbocycles. The Bertz CT molecular complexity index is 498. The van der Waals surface area contributed by atoms with E-state index in [1.54, 1.807) is 6.20 Å². The van der Waals surface area contributed by atoms with Crippen molar-refractivity contribution in [3.63, 3.8) is 0 Å². The number of morpholine rings is 1. The van der Waals surface area contributed by atoms with Gasteiger partial charge in [0.15, 0.2) is 5.96 Å². The van der Waals surface area contributed by atoms with Crippen molar-refractivity contribution in [2.24, 2.45) is 10.7 Å². The zero-order chi connectivity index (χ0) is 16.2. The summed E-state index contributed by atoms with van der Waals surface area (Å²) in [5, 5.41) is 3.01. The number of aromatic nitrogens is 1. The van der Waals surface area contributed by atoms with Gasteiger partial charge in [-0.3, -0.25) is 9.89 Å². The number of rotatable bonds is 4. The summed E-state index contributed by atoms with van der Waals surface area (Å²) in [7, 11) is 0. The number of pyridine rings is 1. The van der Waals surface area contributed by atoms with E-state index in [0.29, 0.717) is 18.3 Å². The SMILES string of the molecule is CC1CN(C(C)(C)CN=C(N)Nc2ccccn2)CC(C)O1.I. The van der Waals surface area contributed by atoms with Gasteiger partial charge in [-0.2, -0.15) is 0 Å². The first-order chi connectivity index (χ1) is 10.4. The molecule has 0 saturated carbocycles. The third-order valence-corrected chi connectivity index (χ3v) is 3.83. The van der Waals surface area contributed by atoms with Crippen molar-refractivity contribution in [3.05, 3.63) is 24.4 Å². The summed E-state index contributed by atoms with van der Waals surface area (Å²) in [5.74, 6) is 1.09. The third kappa shape index (κ3) is 6.23. The number of ether oxygens (including phenoxy) is 1. The molecule has 1 fully saturated rings. The zero-order valence-corrected chi connectivity index (χ0v) is 16.7. The summed E-state index contributed by atoms with van der Waals surface area (Å²) in [5.41, 5.74) is 5.89. The molecule has 7 heteroatoms. The lowest BCUT2D eigenvalue weighted by Crippen LogP contribution is -2.56. The van der Waals surface area contributed by atoms with Crippen molar-refractivity contribution in [2.45, 2.75) is 45.4 Å². The van der Waals surface area contributed by atoms with Gasteiger partial charge in [-0.15, -0.1) is 24.0 Å². The molecule has 2 atom stereocenters. The summed E-state index contributed by atoms with van der Waals surface area (Å²) in [6.45, 7) is 11.1. The lowest BCUT2D eigenvalue weighted by Gasteiger charge is -2.44. The Balaban J connectivity index is 0.00000264. The summed E-state index contributed by atoms with van der Waals surface area (Å²) in [6, 6.07) is 5.63. The van der Waals surface area contributed by atoms with Gasteiger partial charge >= 0.3 is 0 Å². The van der Waals surface area contributed by atoms with Gasteiger partial charge in [-0.1, -0.05) is 6.07 Å². The molecule has 1 aliphatic rings. The maximum Gasteiger partial charge on any atom is 0.194 e. The molecule has 23 heavy (non-hydrogen) atoms. The molecule has 2 rings (SSSR count). The van der Waals surface area contributed by atoms with Gasteiger partial charge in [0, 0.05) is 24.8 Å². The molecule has 6 nitrogen and oxygen atoms in total. The zero-order valence-electron chi connectivity index (χ0n) is 14.3. The van der Waals surface area contributed by atoms with Crippen LogP contribution in [0.3, 0.4) is 0 Å². The first kappa shape index (κ1) is 20.1. The highest BCUT2D eigenvalue weighted by Crippen LogP contribution is 2.21. The van der Waals surface area contributed by atoms with Crippen molar-refractivity contribution in [1.29, 1.82) is 0 Å². The van der Waals surface area contributed by atoms with E-state index in [9.17, 15) is 0 Å². The molecule has 0 aliphatic carbocycles. The van der Waals surface area contributed by atoms with Gasteiger partial charge in [0.05, 0.1) is 18.8 Å². The fourth-order valence-electron chi connectivity index (χ4n) is 2.66. The molecule has 130 valence electrons. The predicted molar refractivity (Wildman–Crippen MR) is 105 cm³/mol. The highest BCUT2D eigenvalue weighted by molar-refractivity contribution is 14.0. The largest absolute Gasteiger partial charge is 0.373 e. The van der Waals surface area contributed by atoms with E-state index in [1.807, 2.05) is 18.2 Å². The van der Waals surface area contributed by atoms with Gasteiger partial charge < -0.3 is 15.8 Å². The minimum absolute atomic E-state index is 0. The van der Waals surface area contributed by atoms with Gasteiger partial charge in [-0.05, 0) is 39.8 Å². The first-order valence-electron chi connectivity index (χ1n) is 7.75. The second kappa shape index (κ2) is 8.79. The Kier molecular flexibility index (Phi) is 7.69. The fraction of sp³-hybridized carbons (Fsp3) is 0.625. The molecule has 1 aromatic heterocycles. The highest BCUT2D eigenvalue weighted by atomic mass is 127. The second-order valence-corrected chi connectivity index (χ2v) is 6.52. The maximum absolute atomic E-state index is 5.95. The van der Waals surface area contributed by atoms with Gasteiger partial charge in [0.1, 0.15) is 5.82 Å². The molecule has 1 saturated heterocycles. The number of halogens is 1. The number of nitrogens with one attached hydrogen (secondary N) is 1. The quantitative estimate of drug-likeness (QED) is 0.433. The van der Waals surface area contributed by atoms with E-state index in [2.05, 4.69) is 47.9 Å². The summed E-state index contributed by atoms with van der Waals surface area (Å²) in [6.07, 6.45) is 2.21. The standard InChI is InChI=1S/C16H27N5O.HI/c1-12-9-21(10-13(2)22-12)16(3,4)11-19-15(17)20-14-7-5-6-8-18-14;/h5-8,12-13H,9-11H2,1-4H3,(H3,17,18,19,20);1H. The summed E-state index contributed by atoms with van der Waals surface area (Å²) in [4.78, 5) is 11.1. The van der Waals surface area contributed by atoms with Crippen LogP contribution in [0.5, 0.6) is 0 Å². The number of hydrogen-bond donors (Lipinski definition) is 2. The Morgan fingerprint density at radius 2 is 2.04 bits per heavy atom. The molecule has 0 spiro atoms. The first-order valence-corrected chi connectivity index (χ1v) is 7.75. The summed E-state index contributed by atoms with van der Waals surface area (Å²) < 4.78 is 5.79. The molecular formula is C16H28IN5O. The molecule has 0 radical (unpaired) electrons. The van der Waals surface area contributed by atoms with E-state index in [4.69, 9.17) is 10.5 Å². The van der Waals surface area contributed by atoms with Crippen LogP contribution in [0.25, 0.3) is 0 Å². The van der Waals surface area contributed by atoms with Crippen molar-refractivity contribution in [3.8, 4) is 0 Å². The smallest absolute Gasteiger partial charge is 0.194 e. The average Bonchev–Trinajstić information content (AvgIpc) is 2.45. The van der Waals surface area contributed by atoms with Gasteiger partial charge in [0.25, 0.3) is 0 Å². The lowest BCUT2D eigenvalue weighted by atomic mass is 10.0. The average molecular weight is 433 g/mol. The highest BCUT2D eigenvalue weighted by Gasteiger charge is 2.33. The third-order valence-electron chi connectivity index (χ3n) is 3.83.